The first kappa shape index (κ1) is 16.7. The summed E-state index contributed by atoms with van der Waals surface area (Å²) in [4.78, 5) is 12.4. The van der Waals surface area contributed by atoms with Crippen molar-refractivity contribution in [3.8, 4) is 0 Å². The van der Waals surface area contributed by atoms with Gasteiger partial charge in [-0.15, -0.1) is 0 Å². The number of carbonyl (C=O) groups is 1. The summed E-state index contributed by atoms with van der Waals surface area (Å²) in [5.74, 6) is -0.229. The second-order valence-corrected chi connectivity index (χ2v) is 6.35. The van der Waals surface area contributed by atoms with Gasteiger partial charge in [-0.2, -0.15) is 0 Å². The number of rotatable bonds is 7. The molecule has 0 N–H and O–H groups in total. The highest BCUT2D eigenvalue weighted by Gasteiger charge is 2.26. The molecule has 0 heterocycles. The summed E-state index contributed by atoms with van der Waals surface area (Å²) in [6, 6.07) is 9.99. The molecule has 0 aliphatic heterocycles. The molecule has 0 saturated heterocycles. The molecular weight excluding hydrogens is 248 g/mol. The van der Waals surface area contributed by atoms with Gasteiger partial charge in [0.25, 0.3) is 0 Å². The molecule has 2 nitrogen and oxygen atoms in total. The van der Waals surface area contributed by atoms with E-state index in [4.69, 9.17) is 4.74 Å². The van der Waals surface area contributed by atoms with E-state index in [1.54, 1.807) is 0 Å². The van der Waals surface area contributed by atoms with Crippen molar-refractivity contribution in [2.45, 2.75) is 71.3 Å². The lowest BCUT2D eigenvalue weighted by atomic mass is 9.93. The van der Waals surface area contributed by atoms with Gasteiger partial charge in [-0.1, -0.05) is 62.9 Å². The van der Waals surface area contributed by atoms with Crippen molar-refractivity contribution >= 4 is 5.97 Å². The fraction of sp³-hybridized carbons (Fsp3) is 0.611. The first-order chi connectivity index (χ1) is 9.44. The Balaban J connectivity index is 2.71. The van der Waals surface area contributed by atoms with E-state index in [1.165, 1.54) is 19.3 Å². The molecular formula is C18H28O2. The second kappa shape index (κ2) is 8.08. The summed E-state index contributed by atoms with van der Waals surface area (Å²) in [5.41, 5.74) is 0.645. The molecule has 2 heteroatoms. The minimum atomic E-state index is -0.423. The van der Waals surface area contributed by atoms with Gasteiger partial charge in [-0.3, -0.25) is 4.79 Å². The molecule has 0 fully saturated rings. The molecule has 0 aromatic heterocycles. The fourth-order valence-electron chi connectivity index (χ4n) is 2.25. The number of hydrogen-bond donors (Lipinski definition) is 0. The minimum Gasteiger partial charge on any atom is -0.459 e. The van der Waals surface area contributed by atoms with Crippen LogP contribution in [0, 0.1) is 0 Å². The average Bonchev–Trinajstić information content (AvgIpc) is 2.37. The standard InChI is InChI=1S/C18H28O2/c1-5-6-7-11-14-16(15-12-9-8-10-13-15)17(19)20-18(2,3)4/h8-10,12-13,16H,5-7,11,14H2,1-4H3. The molecule has 1 aromatic carbocycles. The van der Waals surface area contributed by atoms with Crippen LogP contribution in [-0.4, -0.2) is 11.6 Å². The van der Waals surface area contributed by atoms with Gasteiger partial charge >= 0.3 is 5.97 Å². The zero-order valence-electron chi connectivity index (χ0n) is 13.3. The lowest BCUT2D eigenvalue weighted by molar-refractivity contribution is -0.157. The molecule has 112 valence electrons. The maximum atomic E-state index is 12.4. The van der Waals surface area contributed by atoms with Gasteiger partial charge in [0.2, 0.25) is 0 Å². The quantitative estimate of drug-likeness (QED) is 0.512. The van der Waals surface area contributed by atoms with Crippen LogP contribution in [0.5, 0.6) is 0 Å². The summed E-state index contributed by atoms with van der Waals surface area (Å²) < 4.78 is 5.57. The van der Waals surface area contributed by atoms with E-state index in [-0.39, 0.29) is 11.9 Å². The Morgan fingerprint density at radius 2 is 1.75 bits per heavy atom. The predicted octanol–water partition coefficient (Wildman–Crippen LogP) is 5.08. The van der Waals surface area contributed by atoms with Crippen molar-refractivity contribution in [1.29, 1.82) is 0 Å². The van der Waals surface area contributed by atoms with Crippen molar-refractivity contribution in [2.75, 3.05) is 0 Å². The number of hydrogen-bond acceptors (Lipinski definition) is 2. The van der Waals surface area contributed by atoms with Gasteiger partial charge in [-0.25, -0.2) is 0 Å². The van der Waals surface area contributed by atoms with Gasteiger partial charge in [0.05, 0.1) is 5.92 Å². The largest absolute Gasteiger partial charge is 0.459 e. The summed E-state index contributed by atoms with van der Waals surface area (Å²) >= 11 is 0. The van der Waals surface area contributed by atoms with Gasteiger partial charge in [-0.05, 0) is 32.8 Å². The second-order valence-electron chi connectivity index (χ2n) is 6.35. The van der Waals surface area contributed by atoms with Gasteiger partial charge < -0.3 is 4.74 Å². The van der Waals surface area contributed by atoms with E-state index >= 15 is 0 Å². The average molecular weight is 276 g/mol. The first-order valence-corrected chi connectivity index (χ1v) is 7.72. The number of esters is 1. The summed E-state index contributed by atoms with van der Waals surface area (Å²) in [6.45, 7) is 7.96. The van der Waals surface area contributed by atoms with Crippen LogP contribution in [0.15, 0.2) is 30.3 Å². The van der Waals surface area contributed by atoms with Crippen LogP contribution in [-0.2, 0) is 9.53 Å². The van der Waals surface area contributed by atoms with Crippen molar-refractivity contribution in [2.24, 2.45) is 0 Å². The Morgan fingerprint density at radius 3 is 2.30 bits per heavy atom. The Bertz CT molecular complexity index is 390. The molecule has 1 atom stereocenters. The van der Waals surface area contributed by atoms with E-state index in [0.717, 1.165) is 18.4 Å². The zero-order valence-corrected chi connectivity index (χ0v) is 13.3. The van der Waals surface area contributed by atoms with Crippen molar-refractivity contribution in [1.82, 2.24) is 0 Å². The van der Waals surface area contributed by atoms with Crippen LogP contribution >= 0.6 is 0 Å². The SMILES string of the molecule is CCCCCCC(C(=O)OC(C)(C)C)c1ccccc1. The topological polar surface area (TPSA) is 26.3 Å². The van der Waals surface area contributed by atoms with Crippen LogP contribution in [0.4, 0.5) is 0 Å². The van der Waals surface area contributed by atoms with Crippen LogP contribution in [0.1, 0.15) is 71.3 Å². The molecule has 0 spiro atoms. The van der Waals surface area contributed by atoms with E-state index in [0.29, 0.717) is 0 Å². The molecule has 0 aliphatic carbocycles. The van der Waals surface area contributed by atoms with Crippen LogP contribution < -0.4 is 0 Å². The molecule has 20 heavy (non-hydrogen) atoms. The third-order valence-corrected chi connectivity index (χ3v) is 3.24. The molecule has 1 aromatic rings. The Kier molecular flexibility index (Phi) is 6.77. The van der Waals surface area contributed by atoms with E-state index in [9.17, 15) is 4.79 Å². The Labute approximate surface area is 123 Å². The molecule has 0 saturated carbocycles. The molecule has 0 aliphatic rings. The normalized spacial score (nSPS) is 13.0. The maximum absolute atomic E-state index is 12.4. The van der Waals surface area contributed by atoms with Crippen molar-refractivity contribution in [3.63, 3.8) is 0 Å². The number of ether oxygens (including phenoxy) is 1. The lowest BCUT2D eigenvalue weighted by Crippen LogP contribution is -2.27. The smallest absolute Gasteiger partial charge is 0.313 e. The predicted molar refractivity (Wildman–Crippen MR) is 83.8 cm³/mol. The van der Waals surface area contributed by atoms with E-state index in [2.05, 4.69) is 6.92 Å². The molecule has 1 unspecified atom stereocenters. The highest BCUT2D eigenvalue weighted by atomic mass is 16.6. The number of unbranched alkanes of at least 4 members (excludes halogenated alkanes) is 3. The fourth-order valence-corrected chi connectivity index (χ4v) is 2.25. The highest BCUT2D eigenvalue weighted by molar-refractivity contribution is 5.78. The van der Waals surface area contributed by atoms with Crippen molar-refractivity contribution in [3.05, 3.63) is 35.9 Å². The Morgan fingerprint density at radius 1 is 1.10 bits per heavy atom. The van der Waals surface area contributed by atoms with Gasteiger partial charge in [0.1, 0.15) is 5.60 Å². The Hall–Kier alpha value is -1.31. The van der Waals surface area contributed by atoms with E-state index < -0.39 is 5.60 Å². The highest BCUT2D eigenvalue weighted by Crippen LogP contribution is 2.26. The van der Waals surface area contributed by atoms with Crippen molar-refractivity contribution < 1.29 is 9.53 Å². The molecule has 1 rings (SSSR count). The molecule has 0 amide bonds. The molecule has 0 radical (unpaired) electrons. The third kappa shape index (κ3) is 6.23. The van der Waals surface area contributed by atoms with E-state index in [1.807, 2.05) is 51.1 Å². The summed E-state index contributed by atoms with van der Waals surface area (Å²) in [6.07, 6.45) is 5.58. The van der Waals surface area contributed by atoms with Gasteiger partial charge in [0.15, 0.2) is 0 Å². The number of benzene rings is 1. The lowest BCUT2D eigenvalue weighted by Gasteiger charge is -2.24. The first-order valence-electron chi connectivity index (χ1n) is 7.72. The zero-order chi connectivity index (χ0) is 15.0. The molecule has 0 bridgehead atoms. The van der Waals surface area contributed by atoms with Crippen LogP contribution in [0.3, 0.4) is 0 Å². The third-order valence-electron chi connectivity index (χ3n) is 3.24. The summed E-state index contributed by atoms with van der Waals surface area (Å²) in [7, 11) is 0. The minimum absolute atomic E-state index is 0.0970. The monoisotopic (exact) mass is 276 g/mol. The van der Waals surface area contributed by atoms with Crippen LogP contribution in [0.25, 0.3) is 0 Å². The number of carbonyl (C=O) groups excluding carboxylic acids is 1. The summed E-state index contributed by atoms with van der Waals surface area (Å²) in [5, 5.41) is 0. The van der Waals surface area contributed by atoms with Gasteiger partial charge in [0, 0.05) is 0 Å². The maximum Gasteiger partial charge on any atom is 0.313 e. The van der Waals surface area contributed by atoms with Crippen LogP contribution in [0.2, 0.25) is 0 Å².